The predicted molar refractivity (Wildman–Crippen MR) is 72.0 cm³/mol. The van der Waals surface area contributed by atoms with Gasteiger partial charge < -0.3 is 15.0 Å². The van der Waals surface area contributed by atoms with Gasteiger partial charge in [0.25, 0.3) is 0 Å². The molecule has 1 aromatic carbocycles. The normalized spacial score (nSPS) is 20.0. The van der Waals surface area contributed by atoms with Gasteiger partial charge in [-0.05, 0) is 38.9 Å². The van der Waals surface area contributed by atoms with Gasteiger partial charge in [0.2, 0.25) is 5.91 Å². The van der Waals surface area contributed by atoms with Crippen molar-refractivity contribution < 1.29 is 9.53 Å². The Kier molecular flexibility index (Phi) is 4.20. The van der Waals surface area contributed by atoms with E-state index in [0.717, 1.165) is 30.8 Å². The Balaban J connectivity index is 2.19. The van der Waals surface area contributed by atoms with E-state index in [9.17, 15) is 4.79 Å². The van der Waals surface area contributed by atoms with Gasteiger partial charge in [-0.3, -0.25) is 4.79 Å². The number of rotatable bonds is 4. The molecule has 18 heavy (non-hydrogen) atoms. The lowest BCUT2D eigenvalue weighted by atomic mass is 10.0. The van der Waals surface area contributed by atoms with Crippen molar-refractivity contribution in [2.24, 2.45) is 0 Å². The van der Waals surface area contributed by atoms with Crippen molar-refractivity contribution in [2.75, 3.05) is 25.1 Å². The van der Waals surface area contributed by atoms with Gasteiger partial charge in [0, 0.05) is 18.3 Å². The van der Waals surface area contributed by atoms with E-state index in [2.05, 4.69) is 5.32 Å². The van der Waals surface area contributed by atoms with Crippen LogP contribution in [0.2, 0.25) is 0 Å². The fourth-order valence-corrected chi connectivity index (χ4v) is 2.31. The van der Waals surface area contributed by atoms with E-state index in [0.29, 0.717) is 6.61 Å². The number of ether oxygens (including phenoxy) is 1. The number of piperidine rings is 1. The molecule has 1 atom stereocenters. The number of likely N-dealkylation sites (N-methyl/N-ethyl adjacent to an activating group) is 1. The smallest absolute Gasteiger partial charge is 0.244 e. The molecule has 4 heteroatoms. The molecular formula is C14H20N2O2. The average Bonchev–Trinajstić information content (AvgIpc) is 2.40. The molecule has 98 valence electrons. The van der Waals surface area contributed by atoms with Gasteiger partial charge in [-0.2, -0.15) is 0 Å². The summed E-state index contributed by atoms with van der Waals surface area (Å²) >= 11 is 0. The van der Waals surface area contributed by atoms with Gasteiger partial charge in [0.1, 0.15) is 5.75 Å². The van der Waals surface area contributed by atoms with Crippen molar-refractivity contribution in [3.8, 4) is 5.75 Å². The Morgan fingerprint density at radius 1 is 1.50 bits per heavy atom. The summed E-state index contributed by atoms with van der Waals surface area (Å²) < 4.78 is 5.47. The standard InChI is InChI=1S/C14H20N2O2/c1-3-18-12-7-4-6-11(10-12)16-9-5-8-13(15-2)14(16)17/h4,6-7,10,13,15H,3,5,8-9H2,1-2H3. The molecule has 2 rings (SSSR count). The third-order valence-corrected chi connectivity index (χ3v) is 3.23. The molecule has 1 aromatic rings. The zero-order valence-corrected chi connectivity index (χ0v) is 11.0. The van der Waals surface area contributed by atoms with Crippen molar-refractivity contribution in [1.29, 1.82) is 0 Å². The van der Waals surface area contributed by atoms with Crippen LogP contribution < -0.4 is 15.0 Å². The van der Waals surface area contributed by atoms with Crippen LogP contribution in [-0.2, 0) is 4.79 Å². The van der Waals surface area contributed by atoms with Crippen LogP contribution in [0.1, 0.15) is 19.8 Å². The summed E-state index contributed by atoms with van der Waals surface area (Å²) in [5, 5.41) is 3.07. The van der Waals surface area contributed by atoms with Crippen molar-refractivity contribution in [3.63, 3.8) is 0 Å². The minimum Gasteiger partial charge on any atom is -0.494 e. The molecule has 0 aliphatic carbocycles. The quantitative estimate of drug-likeness (QED) is 0.883. The Bertz CT molecular complexity index is 420. The lowest BCUT2D eigenvalue weighted by Gasteiger charge is -2.32. The lowest BCUT2D eigenvalue weighted by molar-refractivity contribution is -0.121. The Labute approximate surface area is 108 Å². The maximum Gasteiger partial charge on any atom is 0.244 e. The van der Waals surface area contributed by atoms with Crippen LogP contribution in [0.25, 0.3) is 0 Å². The van der Waals surface area contributed by atoms with Crippen LogP contribution in [-0.4, -0.2) is 32.1 Å². The zero-order chi connectivity index (χ0) is 13.0. The largest absolute Gasteiger partial charge is 0.494 e. The summed E-state index contributed by atoms with van der Waals surface area (Å²) in [6.07, 6.45) is 1.94. The molecule has 0 aromatic heterocycles. The lowest BCUT2D eigenvalue weighted by Crippen LogP contribution is -2.49. The highest BCUT2D eigenvalue weighted by atomic mass is 16.5. The van der Waals surface area contributed by atoms with Gasteiger partial charge in [0.05, 0.1) is 12.6 Å². The molecule has 0 saturated carbocycles. The third kappa shape index (κ3) is 2.64. The molecule has 1 unspecified atom stereocenters. The molecule has 1 saturated heterocycles. The molecule has 1 aliphatic heterocycles. The van der Waals surface area contributed by atoms with E-state index in [1.54, 1.807) is 0 Å². The molecule has 0 spiro atoms. The SMILES string of the molecule is CCOc1cccc(N2CCCC(NC)C2=O)c1. The van der Waals surface area contributed by atoms with Gasteiger partial charge in [0.15, 0.2) is 0 Å². The van der Waals surface area contributed by atoms with E-state index in [1.165, 1.54) is 0 Å². The van der Waals surface area contributed by atoms with Crippen LogP contribution in [0, 0.1) is 0 Å². The summed E-state index contributed by atoms with van der Waals surface area (Å²) in [7, 11) is 1.84. The highest BCUT2D eigenvalue weighted by molar-refractivity contribution is 5.98. The topological polar surface area (TPSA) is 41.6 Å². The first-order valence-corrected chi connectivity index (χ1v) is 6.47. The highest BCUT2D eigenvalue weighted by Gasteiger charge is 2.28. The predicted octanol–water partition coefficient (Wildman–Crippen LogP) is 1.80. The molecule has 1 heterocycles. The Morgan fingerprint density at radius 3 is 3.06 bits per heavy atom. The summed E-state index contributed by atoms with van der Waals surface area (Å²) in [4.78, 5) is 14.1. The monoisotopic (exact) mass is 248 g/mol. The first-order chi connectivity index (χ1) is 8.76. The van der Waals surface area contributed by atoms with E-state index >= 15 is 0 Å². The second-order valence-electron chi connectivity index (χ2n) is 4.40. The number of benzene rings is 1. The molecule has 1 amide bonds. The molecule has 0 bridgehead atoms. The Hall–Kier alpha value is -1.55. The van der Waals surface area contributed by atoms with Crippen LogP contribution in [0.15, 0.2) is 24.3 Å². The maximum absolute atomic E-state index is 12.2. The fourth-order valence-electron chi connectivity index (χ4n) is 2.31. The highest BCUT2D eigenvalue weighted by Crippen LogP contribution is 2.25. The number of nitrogens with one attached hydrogen (secondary N) is 1. The first-order valence-electron chi connectivity index (χ1n) is 6.47. The summed E-state index contributed by atoms with van der Waals surface area (Å²) in [6, 6.07) is 7.67. The van der Waals surface area contributed by atoms with Crippen LogP contribution in [0.4, 0.5) is 5.69 Å². The van der Waals surface area contributed by atoms with Crippen LogP contribution in [0.3, 0.4) is 0 Å². The molecular weight excluding hydrogens is 228 g/mol. The van der Waals surface area contributed by atoms with Crippen molar-refractivity contribution in [3.05, 3.63) is 24.3 Å². The average molecular weight is 248 g/mol. The van der Waals surface area contributed by atoms with E-state index < -0.39 is 0 Å². The first kappa shape index (κ1) is 12.9. The third-order valence-electron chi connectivity index (χ3n) is 3.23. The minimum absolute atomic E-state index is 0.0606. The van der Waals surface area contributed by atoms with Crippen LogP contribution in [0.5, 0.6) is 5.75 Å². The number of carbonyl (C=O) groups is 1. The van der Waals surface area contributed by atoms with Crippen LogP contribution >= 0.6 is 0 Å². The summed E-state index contributed by atoms with van der Waals surface area (Å²) in [5.74, 6) is 0.965. The van der Waals surface area contributed by atoms with Gasteiger partial charge in [-0.15, -0.1) is 0 Å². The summed E-state index contributed by atoms with van der Waals surface area (Å²) in [5.41, 5.74) is 0.922. The number of carbonyl (C=O) groups excluding carboxylic acids is 1. The van der Waals surface area contributed by atoms with Gasteiger partial charge >= 0.3 is 0 Å². The van der Waals surface area contributed by atoms with Crippen molar-refractivity contribution >= 4 is 11.6 Å². The second kappa shape index (κ2) is 5.87. The minimum atomic E-state index is -0.0606. The summed E-state index contributed by atoms with van der Waals surface area (Å²) in [6.45, 7) is 3.37. The number of nitrogens with zero attached hydrogens (tertiary/aromatic N) is 1. The van der Waals surface area contributed by atoms with E-state index in [-0.39, 0.29) is 11.9 Å². The maximum atomic E-state index is 12.2. The number of hydrogen-bond acceptors (Lipinski definition) is 3. The van der Waals surface area contributed by atoms with Gasteiger partial charge in [-0.1, -0.05) is 6.07 Å². The Morgan fingerprint density at radius 2 is 2.33 bits per heavy atom. The molecule has 1 N–H and O–H groups in total. The molecule has 4 nitrogen and oxygen atoms in total. The number of anilines is 1. The van der Waals surface area contributed by atoms with Crippen molar-refractivity contribution in [2.45, 2.75) is 25.8 Å². The fraction of sp³-hybridized carbons (Fsp3) is 0.500. The van der Waals surface area contributed by atoms with E-state index in [4.69, 9.17) is 4.74 Å². The number of hydrogen-bond donors (Lipinski definition) is 1. The second-order valence-corrected chi connectivity index (χ2v) is 4.40. The van der Waals surface area contributed by atoms with Gasteiger partial charge in [-0.25, -0.2) is 0 Å². The molecule has 1 fully saturated rings. The van der Waals surface area contributed by atoms with E-state index in [1.807, 2.05) is 43.1 Å². The zero-order valence-electron chi connectivity index (χ0n) is 11.0. The number of amides is 1. The molecule has 0 radical (unpaired) electrons. The van der Waals surface area contributed by atoms with Crippen molar-refractivity contribution in [1.82, 2.24) is 5.32 Å². The molecule has 1 aliphatic rings.